The van der Waals surface area contributed by atoms with Gasteiger partial charge in [-0.3, -0.25) is 0 Å². The Kier molecular flexibility index (Phi) is 2.16. The molecule has 30 heavy (non-hydrogen) atoms. The summed E-state index contributed by atoms with van der Waals surface area (Å²) in [6, 6.07) is -17.2. The van der Waals surface area contributed by atoms with Crippen LogP contribution in [0.15, 0.2) is 115 Å². The monoisotopic (exact) mass is 425 g/mol. The first-order chi connectivity index (χ1) is 22.4. The van der Waals surface area contributed by atoms with E-state index in [0.717, 1.165) is 0 Å². The van der Waals surface area contributed by atoms with Crippen LogP contribution < -0.4 is 15.6 Å². The maximum absolute atomic E-state index is 9.23. The van der Waals surface area contributed by atoms with Crippen molar-refractivity contribution < 1.29 is 26.0 Å². The number of hydrogen-bond acceptors (Lipinski definition) is 0. The molecule has 4 aromatic rings. The normalized spacial score (nSPS) is 20.8. The van der Waals surface area contributed by atoms with Crippen LogP contribution in [0.3, 0.4) is 0 Å². The summed E-state index contributed by atoms with van der Waals surface area (Å²) in [5.74, 6) is 0. The Morgan fingerprint density at radius 1 is 0.600 bits per heavy atom. The van der Waals surface area contributed by atoms with Gasteiger partial charge in [-0.2, -0.15) is 0 Å². The third-order valence-corrected chi connectivity index (χ3v) is 8.84. The summed E-state index contributed by atoms with van der Waals surface area (Å²) in [6.45, 7) is 4.91. The Labute approximate surface area is 209 Å². The molecule has 0 bridgehead atoms. The van der Waals surface area contributed by atoms with Crippen molar-refractivity contribution in [1.29, 1.82) is 0 Å². The van der Waals surface area contributed by atoms with Crippen molar-refractivity contribution >= 4 is 23.6 Å². The zero-order valence-electron chi connectivity index (χ0n) is 35.7. The Morgan fingerprint density at radius 3 is 1.43 bits per heavy atom. The lowest BCUT2D eigenvalue weighted by Gasteiger charge is -2.34. The predicted octanol–water partition coefficient (Wildman–Crippen LogP) is 5.24. The van der Waals surface area contributed by atoms with Gasteiger partial charge in [0.15, 0.2) is 8.07 Å². The lowest BCUT2D eigenvalue weighted by Crippen LogP contribution is -2.68. The molecule has 0 spiro atoms. The average molecular weight is 426 g/mol. The Bertz CT molecular complexity index is 1830. The standard InChI is InChI=1S/C29H30Si/c1-29(2,3)25-15-13-14-24(22-25)23-30(26-16-7-4-8-17-26,27-18-9-5-10-19-27)28-20-11-6-12-21-28/h4-22H,23H2,1-3H3/i4D,5D,6D,7D,8D,9D,10D,11D,12D,13D,14D,15D,16D,17D,18D,19D,20D,21D,22D. The van der Waals surface area contributed by atoms with Gasteiger partial charge in [-0.05, 0) is 38.1 Å². The molecule has 4 rings (SSSR count). The van der Waals surface area contributed by atoms with Crippen molar-refractivity contribution in [2.24, 2.45) is 0 Å². The van der Waals surface area contributed by atoms with Crippen molar-refractivity contribution in [2.45, 2.75) is 32.2 Å². The van der Waals surface area contributed by atoms with Gasteiger partial charge in [0.25, 0.3) is 0 Å². The fraction of sp³-hybridized carbons (Fsp3) is 0.172. The maximum atomic E-state index is 9.23. The first-order valence-corrected chi connectivity index (χ1v) is 11.4. The largest absolute Gasteiger partial charge is 0.152 e. The van der Waals surface area contributed by atoms with E-state index < -0.39 is 155 Å². The predicted molar refractivity (Wildman–Crippen MR) is 133 cm³/mol. The molecule has 0 aliphatic heterocycles. The highest BCUT2D eigenvalue weighted by atomic mass is 28.3. The van der Waals surface area contributed by atoms with E-state index in [4.69, 9.17) is 24.7 Å². The lowest BCUT2D eigenvalue weighted by atomic mass is 9.86. The van der Waals surface area contributed by atoms with E-state index in [1.807, 2.05) is 0 Å². The molecule has 0 fully saturated rings. The fourth-order valence-corrected chi connectivity index (χ4v) is 6.78. The van der Waals surface area contributed by atoms with Crippen LogP contribution in [0.4, 0.5) is 0 Å². The molecule has 0 atom stereocenters. The second kappa shape index (κ2) is 8.45. The highest BCUT2D eigenvalue weighted by Gasteiger charge is 2.39. The lowest BCUT2D eigenvalue weighted by molar-refractivity contribution is 0.589. The minimum Gasteiger partial charge on any atom is -0.0624 e. The van der Waals surface area contributed by atoms with Crippen molar-refractivity contribution in [3.8, 4) is 0 Å². The zero-order chi connectivity index (χ0) is 37.6. The van der Waals surface area contributed by atoms with Crippen molar-refractivity contribution in [1.82, 2.24) is 0 Å². The molecular weight excluding hydrogens is 376 g/mol. The molecule has 0 heterocycles. The van der Waals surface area contributed by atoms with Gasteiger partial charge in [0, 0.05) is 0 Å². The Morgan fingerprint density at radius 2 is 1.03 bits per heavy atom. The molecular formula is C29H30Si. The smallest absolute Gasteiger partial charge is 0.0624 e. The molecule has 0 aliphatic rings. The summed E-state index contributed by atoms with van der Waals surface area (Å²) in [5, 5.41) is -2.14. The van der Waals surface area contributed by atoms with Crippen LogP contribution in [0.1, 0.15) is 57.9 Å². The number of benzene rings is 4. The van der Waals surface area contributed by atoms with Crippen LogP contribution in [0, 0.1) is 0 Å². The van der Waals surface area contributed by atoms with Gasteiger partial charge >= 0.3 is 0 Å². The Hall–Kier alpha value is -2.90. The van der Waals surface area contributed by atoms with Crippen LogP contribution in [0.5, 0.6) is 0 Å². The minimum absolute atomic E-state index is 0.0328. The highest BCUT2D eigenvalue weighted by molar-refractivity contribution is 7.11. The second-order valence-electron chi connectivity index (χ2n) is 7.69. The van der Waals surface area contributed by atoms with Crippen molar-refractivity contribution in [3.63, 3.8) is 0 Å². The summed E-state index contributed by atoms with van der Waals surface area (Å²) in [5.41, 5.74) is -1.43. The van der Waals surface area contributed by atoms with Gasteiger partial charge in [-0.25, -0.2) is 0 Å². The molecule has 0 aromatic heterocycles. The van der Waals surface area contributed by atoms with E-state index >= 15 is 0 Å². The second-order valence-corrected chi connectivity index (χ2v) is 11.3. The van der Waals surface area contributed by atoms with Crippen LogP contribution in [-0.4, -0.2) is 8.07 Å². The molecule has 1 heteroatoms. The van der Waals surface area contributed by atoms with Crippen LogP contribution in [-0.2, 0) is 11.5 Å². The quantitative estimate of drug-likeness (QED) is 0.303. The van der Waals surface area contributed by atoms with Gasteiger partial charge in [0.1, 0.15) is 0 Å². The van der Waals surface area contributed by atoms with Gasteiger partial charge in [-0.15, -0.1) is 0 Å². The van der Waals surface area contributed by atoms with Gasteiger partial charge in [-0.1, -0.05) is 136 Å². The first kappa shape index (κ1) is 7.66. The molecule has 0 nitrogen and oxygen atoms in total. The first-order valence-electron chi connectivity index (χ1n) is 18.7. The molecule has 0 saturated carbocycles. The summed E-state index contributed by atoms with van der Waals surface area (Å²) in [6.07, 6.45) is 0. The summed E-state index contributed by atoms with van der Waals surface area (Å²) < 4.78 is 166. The van der Waals surface area contributed by atoms with Gasteiger partial charge < -0.3 is 0 Å². The molecule has 0 aliphatic carbocycles. The van der Waals surface area contributed by atoms with Gasteiger partial charge in [0.05, 0.1) is 26.0 Å². The van der Waals surface area contributed by atoms with E-state index in [9.17, 15) is 1.37 Å². The van der Waals surface area contributed by atoms with Crippen LogP contribution in [0.25, 0.3) is 0 Å². The summed E-state index contributed by atoms with van der Waals surface area (Å²) >= 11 is 0. The van der Waals surface area contributed by atoms with Crippen molar-refractivity contribution in [3.05, 3.63) is 126 Å². The van der Waals surface area contributed by atoms with Crippen LogP contribution in [0.2, 0.25) is 0 Å². The number of rotatable bonds is 5. The minimum atomic E-state index is -5.35. The molecule has 0 saturated heterocycles. The number of hydrogen-bond donors (Lipinski definition) is 0. The van der Waals surface area contributed by atoms with E-state index in [2.05, 4.69) is 0 Å². The topological polar surface area (TPSA) is 0 Å². The summed E-state index contributed by atoms with van der Waals surface area (Å²) in [4.78, 5) is 0. The van der Waals surface area contributed by atoms with Crippen molar-refractivity contribution in [2.75, 3.05) is 0 Å². The molecule has 0 N–H and O–H groups in total. The van der Waals surface area contributed by atoms with E-state index in [1.54, 1.807) is 20.8 Å². The third-order valence-electron chi connectivity index (χ3n) is 4.65. The SMILES string of the molecule is [2H]c1c([2H])c([2H])c([Si](Cc2c([2H])c([2H])c([2H])c(C(C)(C)C)c2[2H])(c2c([2H])c([2H])c([2H])c([2H])c2[2H])c2c([2H])c([2H])c([2H])c([2H])c2[2H])c([2H])c1[2H]. The van der Waals surface area contributed by atoms with Gasteiger partial charge in [0.2, 0.25) is 0 Å². The average Bonchev–Trinajstić information content (AvgIpc) is 3.03. The summed E-state index contributed by atoms with van der Waals surface area (Å²) in [7, 11) is -5.35. The van der Waals surface area contributed by atoms with E-state index in [-0.39, 0.29) is 5.56 Å². The highest BCUT2D eigenvalue weighted by Crippen LogP contribution is 2.24. The van der Waals surface area contributed by atoms with E-state index in [0.29, 0.717) is 0 Å². The Balaban J connectivity index is 2.56. The van der Waals surface area contributed by atoms with E-state index in [1.165, 1.54) is 0 Å². The fourth-order valence-electron chi connectivity index (χ4n) is 3.14. The molecule has 0 radical (unpaired) electrons. The molecule has 0 amide bonds. The third kappa shape index (κ3) is 4.03. The molecule has 150 valence electrons. The van der Waals surface area contributed by atoms with Crippen LogP contribution >= 0.6 is 0 Å². The maximum Gasteiger partial charge on any atom is 0.152 e. The molecule has 4 aromatic carbocycles. The zero-order valence-corrected chi connectivity index (χ0v) is 17.7. The molecule has 0 unspecified atom stereocenters.